The fourth-order valence-electron chi connectivity index (χ4n) is 4.72. The normalized spacial score (nSPS) is 14.6. The van der Waals surface area contributed by atoms with Crippen LogP contribution in [0.5, 0.6) is 0 Å². The average molecular weight is 508 g/mol. The Morgan fingerprint density at radius 1 is 0.892 bits per heavy atom. The lowest BCUT2D eigenvalue weighted by atomic mass is 10.0. The molecule has 2 heterocycles. The number of para-hydroxylation sites is 1. The lowest BCUT2D eigenvalue weighted by Crippen LogP contribution is -2.39. The molecule has 1 aliphatic rings. The third-order valence-electron chi connectivity index (χ3n) is 6.56. The van der Waals surface area contributed by atoms with Gasteiger partial charge in [0.05, 0.1) is 11.0 Å². The Bertz CT molecular complexity index is 1360. The predicted molar refractivity (Wildman–Crippen MR) is 139 cm³/mol. The van der Waals surface area contributed by atoms with Crippen LogP contribution in [0.2, 0.25) is 0 Å². The number of fused-ring (bicyclic) bond motifs is 1. The van der Waals surface area contributed by atoms with Crippen molar-refractivity contribution in [3.05, 3.63) is 78.6 Å². The zero-order valence-corrected chi connectivity index (χ0v) is 20.3. The third-order valence-corrected chi connectivity index (χ3v) is 6.56. The van der Waals surface area contributed by atoms with E-state index in [0.717, 1.165) is 35.3 Å². The molecule has 192 valence electrons. The standard InChI is InChI=1S/C28H28F3N5O/c29-28(30,31)26-34-24-19-21(11-14-25(24)36(26)23-7-3-1-4-8-23)20-9-12-22(13-10-20)33-27(37)32-15-18-35-16-5-2-6-17-35/h1,3-4,7-14,19H,2,5-6,15-18H2,(H2,32,33,37). The molecule has 1 fully saturated rings. The third kappa shape index (κ3) is 5.77. The topological polar surface area (TPSA) is 62.2 Å². The predicted octanol–water partition coefficient (Wildman–Crippen LogP) is 6.32. The molecule has 6 nitrogen and oxygen atoms in total. The van der Waals surface area contributed by atoms with Gasteiger partial charge in [0.15, 0.2) is 0 Å². The summed E-state index contributed by atoms with van der Waals surface area (Å²) in [7, 11) is 0. The number of hydrogen-bond acceptors (Lipinski definition) is 3. The highest BCUT2D eigenvalue weighted by Gasteiger charge is 2.38. The Morgan fingerprint density at radius 3 is 2.30 bits per heavy atom. The van der Waals surface area contributed by atoms with E-state index in [0.29, 0.717) is 23.4 Å². The molecule has 0 unspecified atom stereocenters. The molecule has 37 heavy (non-hydrogen) atoms. The Labute approximate surface area is 213 Å². The van der Waals surface area contributed by atoms with E-state index in [4.69, 9.17) is 0 Å². The molecule has 2 amide bonds. The lowest BCUT2D eigenvalue weighted by Gasteiger charge is -2.26. The van der Waals surface area contributed by atoms with Crippen LogP contribution in [0, 0.1) is 0 Å². The molecule has 5 rings (SSSR count). The molecule has 1 aromatic heterocycles. The van der Waals surface area contributed by atoms with Gasteiger partial charge in [0.2, 0.25) is 5.82 Å². The Kier molecular flexibility index (Phi) is 7.14. The molecule has 0 atom stereocenters. The van der Waals surface area contributed by atoms with Crippen LogP contribution >= 0.6 is 0 Å². The number of rotatable bonds is 6. The number of imidazole rings is 1. The first kappa shape index (κ1) is 24.8. The van der Waals surface area contributed by atoms with E-state index >= 15 is 0 Å². The lowest BCUT2D eigenvalue weighted by molar-refractivity contribution is -0.145. The first-order valence-electron chi connectivity index (χ1n) is 12.4. The largest absolute Gasteiger partial charge is 0.450 e. The molecular weight excluding hydrogens is 479 g/mol. The quantitative estimate of drug-likeness (QED) is 0.321. The van der Waals surface area contributed by atoms with Crippen molar-refractivity contribution in [1.82, 2.24) is 19.8 Å². The van der Waals surface area contributed by atoms with Gasteiger partial charge in [0.25, 0.3) is 0 Å². The molecular formula is C28H28F3N5O. The molecule has 0 bridgehead atoms. The van der Waals surface area contributed by atoms with Crippen LogP contribution < -0.4 is 10.6 Å². The molecule has 1 saturated heterocycles. The van der Waals surface area contributed by atoms with E-state index < -0.39 is 12.0 Å². The summed E-state index contributed by atoms with van der Waals surface area (Å²) < 4.78 is 42.5. The van der Waals surface area contributed by atoms with E-state index in [-0.39, 0.29) is 11.5 Å². The van der Waals surface area contributed by atoms with Crippen molar-refractivity contribution in [2.24, 2.45) is 0 Å². The van der Waals surface area contributed by atoms with Crippen LogP contribution in [0.25, 0.3) is 27.8 Å². The number of halogens is 3. The van der Waals surface area contributed by atoms with Crippen molar-refractivity contribution in [3.8, 4) is 16.8 Å². The first-order valence-corrected chi connectivity index (χ1v) is 12.4. The monoisotopic (exact) mass is 507 g/mol. The molecule has 0 saturated carbocycles. The fourth-order valence-corrected chi connectivity index (χ4v) is 4.72. The minimum Gasteiger partial charge on any atom is -0.337 e. The number of alkyl halides is 3. The van der Waals surface area contributed by atoms with Gasteiger partial charge in [-0.1, -0.05) is 42.8 Å². The van der Waals surface area contributed by atoms with Gasteiger partial charge in [0, 0.05) is 24.5 Å². The number of piperidine rings is 1. The number of anilines is 1. The number of amides is 2. The second-order valence-corrected chi connectivity index (χ2v) is 9.17. The number of hydrogen-bond donors (Lipinski definition) is 2. The van der Waals surface area contributed by atoms with Crippen LogP contribution in [0.4, 0.5) is 23.7 Å². The molecule has 4 aromatic rings. The SMILES string of the molecule is O=C(NCCN1CCCCC1)Nc1ccc(-c2ccc3c(c2)nc(C(F)(F)F)n3-c2ccccc2)cc1. The van der Waals surface area contributed by atoms with Crippen molar-refractivity contribution >= 4 is 22.8 Å². The number of benzene rings is 3. The molecule has 3 aromatic carbocycles. The second-order valence-electron chi connectivity index (χ2n) is 9.17. The van der Waals surface area contributed by atoms with E-state index in [9.17, 15) is 18.0 Å². The van der Waals surface area contributed by atoms with Gasteiger partial charge in [-0.15, -0.1) is 0 Å². The molecule has 0 radical (unpaired) electrons. The van der Waals surface area contributed by atoms with E-state index in [1.807, 2.05) is 12.1 Å². The number of nitrogens with zero attached hydrogens (tertiary/aromatic N) is 3. The summed E-state index contributed by atoms with van der Waals surface area (Å²) in [6.45, 7) is 3.59. The maximum Gasteiger partial charge on any atom is 0.450 e. The van der Waals surface area contributed by atoms with Crippen molar-refractivity contribution in [1.29, 1.82) is 0 Å². The molecule has 0 aliphatic carbocycles. The van der Waals surface area contributed by atoms with Crippen molar-refractivity contribution in [2.75, 3.05) is 31.5 Å². The van der Waals surface area contributed by atoms with Gasteiger partial charge in [-0.3, -0.25) is 4.57 Å². The van der Waals surface area contributed by atoms with Crippen molar-refractivity contribution in [2.45, 2.75) is 25.4 Å². The summed E-state index contributed by atoms with van der Waals surface area (Å²) in [6, 6.07) is 20.4. The zero-order chi connectivity index (χ0) is 25.8. The summed E-state index contributed by atoms with van der Waals surface area (Å²) in [5.74, 6) is -0.961. The first-order chi connectivity index (χ1) is 17.9. The maximum absolute atomic E-state index is 13.8. The van der Waals surface area contributed by atoms with Gasteiger partial charge in [-0.25, -0.2) is 9.78 Å². The van der Waals surface area contributed by atoms with Gasteiger partial charge in [-0.2, -0.15) is 13.2 Å². The highest BCUT2D eigenvalue weighted by Crippen LogP contribution is 2.35. The number of carbonyl (C=O) groups is 1. The fraction of sp³-hybridized carbons (Fsp3) is 0.286. The van der Waals surface area contributed by atoms with Crippen LogP contribution in [-0.2, 0) is 6.18 Å². The molecule has 2 N–H and O–H groups in total. The Hall–Kier alpha value is -3.85. The van der Waals surface area contributed by atoms with Gasteiger partial charge >= 0.3 is 12.2 Å². The van der Waals surface area contributed by atoms with E-state index in [2.05, 4.69) is 20.5 Å². The summed E-state index contributed by atoms with van der Waals surface area (Å²) >= 11 is 0. The summed E-state index contributed by atoms with van der Waals surface area (Å²) in [6.07, 6.45) is -0.899. The van der Waals surface area contributed by atoms with Crippen molar-refractivity contribution in [3.63, 3.8) is 0 Å². The van der Waals surface area contributed by atoms with E-state index in [1.165, 1.54) is 19.3 Å². The molecule has 9 heteroatoms. The maximum atomic E-state index is 13.8. The zero-order valence-electron chi connectivity index (χ0n) is 20.3. The average Bonchev–Trinajstić information content (AvgIpc) is 3.30. The Morgan fingerprint density at radius 2 is 1.59 bits per heavy atom. The minimum absolute atomic E-state index is 0.254. The van der Waals surface area contributed by atoms with Gasteiger partial charge in [0.1, 0.15) is 0 Å². The second kappa shape index (κ2) is 10.6. The van der Waals surface area contributed by atoms with Crippen molar-refractivity contribution < 1.29 is 18.0 Å². The van der Waals surface area contributed by atoms with Gasteiger partial charge < -0.3 is 15.5 Å². The number of carbonyl (C=O) groups excluding carboxylic acids is 1. The highest BCUT2D eigenvalue weighted by atomic mass is 19.4. The Balaban J connectivity index is 1.29. The summed E-state index contributed by atoms with van der Waals surface area (Å²) in [5, 5.41) is 5.71. The number of nitrogens with one attached hydrogen (secondary N) is 2. The van der Waals surface area contributed by atoms with Crippen LogP contribution in [0.15, 0.2) is 72.8 Å². The number of urea groups is 1. The summed E-state index contributed by atoms with van der Waals surface area (Å²) in [4.78, 5) is 18.5. The molecule has 0 spiro atoms. The van der Waals surface area contributed by atoms with Crippen LogP contribution in [0.3, 0.4) is 0 Å². The van der Waals surface area contributed by atoms with Gasteiger partial charge in [-0.05, 0) is 73.5 Å². The smallest absolute Gasteiger partial charge is 0.337 e. The highest BCUT2D eigenvalue weighted by molar-refractivity contribution is 5.90. The summed E-state index contributed by atoms with van der Waals surface area (Å²) in [5.41, 5.74) is 3.20. The van der Waals surface area contributed by atoms with Crippen LogP contribution in [0.1, 0.15) is 25.1 Å². The van der Waals surface area contributed by atoms with Crippen LogP contribution in [-0.4, -0.2) is 46.7 Å². The van der Waals surface area contributed by atoms with E-state index in [1.54, 1.807) is 60.7 Å². The molecule has 1 aliphatic heterocycles. The minimum atomic E-state index is -4.60. The number of likely N-dealkylation sites (tertiary alicyclic amines) is 1. The number of aromatic nitrogens is 2.